The number of halogens is 1. The molecule has 1 aromatic heterocycles. The van der Waals surface area contributed by atoms with Gasteiger partial charge in [0.15, 0.2) is 0 Å². The molecule has 2 unspecified atom stereocenters. The Morgan fingerprint density at radius 2 is 2.04 bits per heavy atom. The molecule has 24 heavy (non-hydrogen) atoms. The van der Waals surface area contributed by atoms with Crippen LogP contribution in [-0.4, -0.2) is 34.9 Å². The predicted molar refractivity (Wildman–Crippen MR) is 97.0 cm³/mol. The molecule has 0 spiro atoms. The van der Waals surface area contributed by atoms with Crippen LogP contribution in [0.2, 0.25) is 5.02 Å². The molecule has 1 aliphatic rings. The van der Waals surface area contributed by atoms with Crippen molar-refractivity contribution in [1.82, 2.24) is 9.88 Å². The highest BCUT2D eigenvalue weighted by Crippen LogP contribution is 2.26. The molecule has 0 bridgehead atoms. The Morgan fingerprint density at radius 3 is 2.75 bits per heavy atom. The molecule has 1 aromatic carbocycles. The average molecular weight is 344 g/mol. The summed E-state index contributed by atoms with van der Waals surface area (Å²) < 4.78 is 0. The summed E-state index contributed by atoms with van der Waals surface area (Å²) in [7, 11) is 0. The number of pyridine rings is 1. The van der Waals surface area contributed by atoms with E-state index in [9.17, 15) is 4.79 Å². The first-order valence-corrected chi connectivity index (χ1v) is 8.68. The smallest absolute Gasteiger partial charge is 0.255 e. The first-order valence-electron chi connectivity index (χ1n) is 8.30. The number of carbonyl (C=O) groups is 1. The average Bonchev–Trinajstić information content (AvgIpc) is 2.61. The van der Waals surface area contributed by atoms with Crippen molar-refractivity contribution in [3.05, 3.63) is 53.3 Å². The van der Waals surface area contributed by atoms with E-state index in [0.29, 0.717) is 23.0 Å². The molecule has 1 fully saturated rings. The van der Waals surface area contributed by atoms with Crippen LogP contribution < -0.4 is 5.73 Å². The van der Waals surface area contributed by atoms with E-state index in [2.05, 4.69) is 11.9 Å². The Bertz CT molecular complexity index is 717. The zero-order valence-electron chi connectivity index (χ0n) is 13.8. The standard InChI is InChI=1S/C19H22ClN3O/c1-13-6-7-23(18(8-13)10-21)19(24)16-9-15(11-22-12-16)14-2-4-17(20)5-3-14/h2-5,9,11-13,18H,6-8,10,21H2,1H3. The second-order valence-electron chi connectivity index (χ2n) is 6.49. The molecule has 1 amide bonds. The zero-order valence-corrected chi connectivity index (χ0v) is 14.5. The number of aromatic nitrogens is 1. The van der Waals surface area contributed by atoms with Gasteiger partial charge in [0.25, 0.3) is 5.91 Å². The lowest BCUT2D eigenvalue weighted by Gasteiger charge is -2.38. The third kappa shape index (κ3) is 3.60. The Labute approximate surface area is 147 Å². The Hall–Kier alpha value is -1.91. The van der Waals surface area contributed by atoms with Gasteiger partial charge in [-0.1, -0.05) is 30.7 Å². The molecule has 3 rings (SSSR count). The van der Waals surface area contributed by atoms with Crippen molar-refractivity contribution < 1.29 is 4.79 Å². The molecular weight excluding hydrogens is 322 g/mol. The second-order valence-corrected chi connectivity index (χ2v) is 6.92. The number of nitrogens with zero attached hydrogens (tertiary/aromatic N) is 2. The van der Waals surface area contributed by atoms with E-state index in [1.54, 1.807) is 12.4 Å². The molecule has 0 radical (unpaired) electrons. The first kappa shape index (κ1) is 16.9. The number of hydrogen-bond acceptors (Lipinski definition) is 3. The number of hydrogen-bond donors (Lipinski definition) is 1. The van der Waals surface area contributed by atoms with Gasteiger partial charge in [0.1, 0.15) is 0 Å². The second kappa shape index (κ2) is 7.32. The number of rotatable bonds is 3. The van der Waals surface area contributed by atoms with Crippen LogP contribution in [0.4, 0.5) is 0 Å². The third-order valence-electron chi connectivity index (χ3n) is 4.67. The van der Waals surface area contributed by atoms with Gasteiger partial charge in [0.05, 0.1) is 5.56 Å². The first-order chi connectivity index (χ1) is 11.6. The van der Waals surface area contributed by atoms with E-state index >= 15 is 0 Å². The lowest BCUT2D eigenvalue weighted by Crippen LogP contribution is -2.49. The van der Waals surface area contributed by atoms with E-state index in [4.69, 9.17) is 17.3 Å². The van der Waals surface area contributed by atoms with Crippen LogP contribution in [0.25, 0.3) is 11.1 Å². The van der Waals surface area contributed by atoms with Gasteiger partial charge < -0.3 is 10.6 Å². The van der Waals surface area contributed by atoms with Crippen LogP contribution in [0.3, 0.4) is 0 Å². The van der Waals surface area contributed by atoms with Crippen LogP contribution in [0, 0.1) is 5.92 Å². The van der Waals surface area contributed by atoms with Gasteiger partial charge in [0, 0.05) is 42.1 Å². The predicted octanol–water partition coefficient (Wildman–Crippen LogP) is 3.60. The van der Waals surface area contributed by atoms with Crippen molar-refractivity contribution >= 4 is 17.5 Å². The fourth-order valence-electron chi connectivity index (χ4n) is 3.27. The van der Waals surface area contributed by atoms with Gasteiger partial charge >= 0.3 is 0 Å². The van der Waals surface area contributed by atoms with Crippen LogP contribution in [-0.2, 0) is 0 Å². The van der Waals surface area contributed by atoms with Gasteiger partial charge in [-0.25, -0.2) is 0 Å². The van der Waals surface area contributed by atoms with Crippen molar-refractivity contribution in [2.75, 3.05) is 13.1 Å². The molecule has 1 aliphatic heterocycles. The van der Waals surface area contributed by atoms with Crippen LogP contribution in [0.5, 0.6) is 0 Å². The van der Waals surface area contributed by atoms with E-state index in [-0.39, 0.29) is 11.9 Å². The molecule has 126 valence electrons. The molecule has 4 nitrogen and oxygen atoms in total. The number of benzene rings is 1. The van der Waals surface area contributed by atoms with Gasteiger partial charge in [-0.2, -0.15) is 0 Å². The maximum absolute atomic E-state index is 12.9. The summed E-state index contributed by atoms with van der Waals surface area (Å²) in [4.78, 5) is 19.1. The topological polar surface area (TPSA) is 59.2 Å². The minimum Gasteiger partial charge on any atom is -0.334 e. The van der Waals surface area contributed by atoms with E-state index in [1.807, 2.05) is 35.2 Å². The van der Waals surface area contributed by atoms with Gasteiger partial charge in [0.2, 0.25) is 0 Å². The number of piperidine rings is 1. The Kier molecular flexibility index (Phi) is 5.17. The lowest BCUT2D eigenvalue weighted by molar-refractivity contribution is 0.0573. The van der Waals surface area contributed by atoms with Crippen molar-refractivity contribution in [3.8, 4) is 11.1 Å². The molecule has 2 aromatic rings. The molecule has 0 saturated carbocycles. The van der Waals surface area contributed by atoms with Gasteiger partial charge in [-0.3, -0.25) is 9.78 Å². The summed E-state index contributed by atoms with van der Waals surface area (Å²) in [5, 5.41) is 0.687. The molecule has 1 saturated heterocycles. The highest BCUT2D eigenvalue weighted by Gasteiger charge is 2.29. The van der Waals surface area contributed by atoms with Crippen molar-refractivity contribution in [2.24, 2.45) is 11.7 Å². The van der Waals surface area contributed by atoms with E-state index < -0.39 is 0 Å². The highest BCUT2D eigenvalue weighted by atomic mass is 35.5. The molecule has 5 heteroatoms. The highest BCUT2D eigenvalue weighted by molar-refractivity contribution is 6.30. The minimum absolute atomic E-state index is 0.0145. The fraction of sp³-hybridized carbons (Fsp3) is 0.368. The van der Waals surface area contributed by atoms with Gasteiger partial charge in [-0.05, 0) is 42.5 Å². The largest absolute Gasteiger partial charge is 0.334 e. The molecule has 2 N–H and O–H groups in total. The van der Waals surface area contributed by atoms with Crippen molar-refractivity contribution in [3.63, 3.8) is 0 Å². The summed E-state index contributed by atoms with van der Waals surface area (Å²) in [5.41, 5.74) is 8.39. The quantitative estimate of drug-likeness (QED) is 0.926. The maximum Gasteiger partial charge on any atom is 0.255 e. The summed E-state index contributed by atoms with van der Waals surface area (Å²) in [6.45, 7) is 3.47. The van der Waals surface area contributed by atoms with Gasteiger partial charge in [-0.15, -0.1) is 0 Å². The minimum atomic E-state index is 0.0145. The molecular formula is C19H22ClN3O. The summed E-state index contributed by atoms with van der Waals surface area (Å²) in [6, 6.07) is 9.53. The van der Waals surface area contributed by atoms with Crippen molar-refractivity contribution in [2.45, 2.75) is 25.8 Å². The molecule has 2 heterocycles. The monoisotopic (exact) mass is 343 g/mol. The zero-order chi connectivity index (χ0) is 17.1. The number of likely N-dealkylation sites (tertiary alicyclic amines) is 1. The number of amides is 1. The molecule has 2 atom stereocenters. The summed E-state index contributed by atoms with van der Waals surface area (Å²) in [5.74, 6) is 0.627. The van der Waals surface area contributed by atoms with Crippen molar-refractivity contribution in [1.29, 1.82) is 0 Å². The lowest BCUT2D eigenvalue weighted by atomic mass is 9.92. The Balaban J connectivity index is 1.85. The summed E-state index contributed by atoms with van der Waals surface area (Å²) >= 11 is 5.94. The van der Waals surface area contributed by atoms with Crippen LogP contribution in [0.15, 0.2) is 42.7 Å². The number of carbonyl (C=O) groups excluding carboxylic acids is 1. The fourth-order valence-corrected chi connectivity index (χ4v) is 3.39. The van der Waals surface area contributed by atoms with E-state index in [1.165, 1.54) is 0 Å². The maximum atomic E-state index is 12.9. The molecule has 0 aliphatic carbocycles. The van der Waals surface area contributed by atoms with Crippen LogP contribution >= 0.6 is 11.6 Å². The third-order valence-corrected chi connectivity index (χ3v) is 4.93. The van der Waals surface area contributed by atoms with Crippen LogP contribution in [0.1, 0.15) is 30.1 Å². The summed E-state index contributed by atoms with van der Waals surface area (Å²) in [6.07, 6.45) is 5.38. The number of nitrogens with two attached hydrogens (primary N) is 1. The Morgan fingerprint density at radius 1 is 1.29 bits per heavy atom. The SMILES string of the molecule is CC1CCN(C(=O)c2cncc(-c3ccc(Cl)cc3)c2)C(CN)C1. The van der Waals surface area contributed by atoms with E-state index in [0.717, 1.165) is 30.5 Å². The normalized spacial score (nSPS) is 20.9.